The highest BCUT2D eigenvalue weighted by Gasteiger charge is 2.22. The zero-order valence-electron chi connectivity index (χ0n) is 11.3. The van der Waals surface area contributed by atoms with E-state index in [1.807, 2.05) is 29.2 Å². The van der Waals surface area contributed by atoms with E-state index in [2.05, 4.69) is 6.07 Å². The van der Waals surface area contributed by atoms with Crippen molar-refractivity contribution in [2.45, 2.75) is 6.42 Å². The van der Waals surface area contributed by atoms with E-state index in [0.29, 0.717) is 11.3 Å². The molecule has 0 amide bonds. The average molecular weight is 283 g/mol. The molecule has 0 aliphatic carbocycles. The molecule has 0 saturated carbocycles. The van der Waals surface area contributed by atoms with Crippen molar-refractivity contribution < 1.29 is 14.3 Å². The molecular weight excluding hydrogens is 269 g/mol. The minimum atomic E-state index is -1.09. The third-order valence-electron chi connectivity index (χ3n) is 3.60. The number of carboxylic acids is 1. The molecule has 2 aromatic carbocycles. The lowest BCUT2D eigenvalue weighted by Crippen LogP contribution is -2.15. The van der Waals surface area contributed by atoms with Crippen LogP contribution < -0.4 is 4.90 Å². The standard InChI is InChI=1S/C17H14FNO2/c18-14-5-3-7-16(13(14)8-9-17(20)21)19-11-10-12-4-1-2-6-15(12)19/h1-9H,10-11H2,(H,20,21)/b9-8+. The van der Waals surface area contributed by atoms with E-state index >= 15 is 0 Å². The number of carboxylic acid groups (broad SMARTS) is 1. The molecule has 1 aliphatic heterocycles. The number of rotatable bonds is 3. The van der Waals surface area contributed by atoms with Gasteiger partial charge in [0.05, 0.1) is 5.69 Å². The van der Waals surface area contributed by atoms with Crippen LogP contribution in [0.25, 0.3) is 6.08 Å². The molecule has 3 nitrogen and oxygen atoms in total. The van der Waals surface area contributed by atoms with E-state index in [0.717, 1.165) is 24.7 Å². The van der Waals surface area contributed by atoms with Gasteiger partial charge in [-0.2, -0.15) is 0 Å². The fraction of sp³-hybridized carbons (Fsp3) is 0.118. The molecule has 0 unspecified atom stereocenters. The first-order valence-corrected chi connectivity index (χ1v) is 6.72. The van der Waals surface area contributed by atoms with Crippen LogP contribution in [0.1, 0.15) is 11.1 Å². The first kappa shape index (κ1) is 13.4. The monoisotopic (exact) mass is 283 g/mol. The summed E-state index contributed by atoms with van der Waals surface area (Å²) in [5, 5.41) is 8.76. The summed E-state index contributed by atoms with van der Waals surface area (Å²) in [6.45, 7) is 0.761. The van der Waals surface area contributed by atoms with Gasteiger partial charge in [-0.1, -0.05) is 24.3 Å². The first-order valence-electron chi connectivity index (χ1n) is 6.72. The molecular formula is C17H14FNO2. The largest absolute Gasteiger partial charge is 0.478 e. The van der Waals surface area contributed by atoms with Gasteiger partial charge >= 0.3 is 5.97 Å². The van der Waals surface area contributed by atoms with Crippen molar-refractivity contribution in [2.24, 2.45) is 0 Å². The lowest BCUT2D eigenvalue weighted by atomic mass is 10.1. The van der Waals surface area contributed by atoms with Crippen LogP contribution in [0.2, 0.25) is 0 Å². The third kappa shape index (κ3) is 2.52. The molecule has 0 atom stereocenters. The van der Waals surface area contributed by atoms with E-state index in [-0.39, 0.29) is 0 Å². The van der Waals surface area contributed by atoms with Gasteiger partial charge in [0.15, 0.2) is 0 Å². The number of hydrogen-bond acceptors (Lipinski definition) is 2. The Hall–Kier alpha value is -2.62. The topological polar surface area (TPSA) is 40.5 Å². The van der Waals surface area contributed by atoms with Crippen LogP contribution in [0.4, 0.5) is 15.8 Å². The van der Waals surface area contributed by atoms with E-state index in [9.17, 15) is 9.18 Å². The number of para-hydroxylation sites is 1. The Morgan fingerprint density at radius 2 is 1.90 bits per heavy atom. The molecule has 0 aromatic heterocycles. The van der Waals surface area contributed by atoms with Crippen LogP contribution in [0.15, 0.2) is 48.5 Å². The van der Waals surface area contributed by atoms with E-state index in [1.54, 1.807) is 6.07 Å². The molecule has 1 N–H and O–H groups in total. The quantitative estimate of drug-likeness (QED) is 0.875. The van der Waals surface area contributed by atoms with Crippen LogP contribution in [0, 0.1) is 5.82 Å². The van der Waals surface area contributed by atoms with Crippen molar-refractivity contribution >= 4 is 23.4 Å². The fourth-order valence-electron chi connectivity index (χ4n) is 2.67. The summed E-state index contributed by atoms with van der Waals surface area (Å²) in [5.41, 5.74) is 3.26. The molecule has 106 valence electrons. The number of halogens is 1. The Kier molecular flexibility index (Phi) is 3.44. The summed E-state index contributed by atoms with van der Waals surface area (Å²) in [5.74, 6) is -1.51. The van der Waals surface area contributed by atoms with Crippen LogP contribution in [-0.2, 0) is 11.2 Å². The predicted molar refractivity (Wildman–Crippen MR) is 80.2 cm³/mol. The summed E-state index contributed by atoms with van der Waals surface area (Å²) in [4.78, 5) is 12.7. The normalized spacial score (nSPS) is 13.7. The average Bonchev–Trinajstić information content (AvgIpc) is 2.89. The second-order valence-corrected chi connectivity index (χ2v) is 4.87. The lowest BCUT2D eigenvalue weighted by molar-refractivity contribution is -0.131. The van der Waals surface area contributed by atoms with E-state index in [1.165, 1.54) is 17.7 Å². The second kappa shape index (κ2) is 5.40. The summed E-state index contributed by atoms with van der Waals surface area (Å²) >= 11 is 0. The number of hydrogen-bond donors (Lipinski definition) is 1. The number of carbonyl (C=O) groups is 1. The van der Waals surface area contributed by atoms with E-state index < -0.39 is 11.8 Å². The highest BCUT2D eigenvalue weighted by atomic mass is 19.1. The highest BCUT2D eigenvalue weighted by molar-refractivity contribution is 5.88. The van der Waals surface area contributed by atoms with Gasteiger partial charge in [-0.25, -0.2) is 9.18 Å². The number of aliphatic carboxylic acids is 1. The number of benzene rings is 2. The van der Waals surface area contributed by atoms with Crippen LogP contribution in [0.5, 0.6) is 0 Å². The molecule has 0 fully saturated rings. The Balaban J connectivity index is 2.08. The fourth-order valence-corrected chi connectivity index (χ4v) is 2.67. The molecule has 1 aliphatic rings. The Morgan fingerprint density at radius 1 is 1.14 bits per heavy atom. The highest BCUT2D eigenvalue weighted by Crippen LogP contribution is 2.37. The maximum atomic E-state index is 14.1. The van der Waals surface area contributed by atoms with Crippen molar-refractivity contribution in [3.05, 3.63) is 65.5 Å². The Bertz CT molecular complexity index is 724. The first-order chi connectivity index (χ1) is 10.2. The predicted octanol–water partition coefficient (Wildman–Crippen LogP) is 3.62. The minimum absolute atomic E-state index is 0.302. The van der Waals surface area contributed by atoms with Gasteiger partial charge in [0, 0.05) is 23.9 Å². The number of fused-ring (bicyclic) bond motifs is 1. The van der Waals surface area contributed by atoms with Gasteiger partial charge in [0.2, 0.25) is 0 Å². The summed E-state index contributed by atoms with van der Waals surface area (Å²) in [7, 11) is 0. The molecule has 0 bridgehead atoms. The molecule has 0 spiro atoms. The van der Waals surface area contributed by atoms with Gasteiger partial charge in [0.1, 0.15) is 5.82 Å². The van der Waals surface area contributed by atoms with Crippen molar-refractivity contribution in [3.8, 4) is 0 Å². The van der Waals surface area contributed by atoms with Gasteiger partial charge in [-0.05, 0) is 36.3 Å². The van der Waals surface area contributed by atoms with Crippen LogP contribution in [0.3, 0.4) is 0 Å². The zero-order chi connectivity index (χ0) is 14.8. The summed E-state index contributed by atoms with van der Waals surface area (Å²) < 4.78 is 14.1. The molecule has 1 heterocycles. The third-order valence-corrected chi connectivity index (χ3v) is 3.60. The van der Waals surface area contributed by atoms with Gasteiger partial charge in [0.25, 0.3) is 0 Å². The molecule has 0 saturated heterocycles. The van der Waals surface area contributed by atoms with Crippen molar-refractivity contribution in [3.63, 3.8) is 0 Å². The van der Waals surface area contributed by atoms with Crippen molar-refractivity contribution in [1.82, 2.24) is 0 Å². The minimum Gasteiger partial charge on any atom is -0.478 e. The van der Waals surface area contributed by atoms with Crippen LogP contribution in [-0.4, -0.2) is 17.6 Å². The van der Waals surface area contributed by atoms with Gasteiger partial charge in [-0.15, -0.1) is 0 Å². The summed E-state index contributed by atoms with van der Waals surface area (Å²) in [6.07, 6.45) is 3.17. The van der Waals surface area contributed by atoms with Gasteiger partial charge in [-0.3, -0.25) is 0 Å². The maximum absolute atomic E-state index is 14.1. The molecule has 2 aromatic rings. The molecule has 21 heavy (non-hydrogen) atoms. The van der Waals surface area contributed by atoms with Crippen molar-refractivity contribution in [2.75, 3.05) is 11.4 Å². The summed E-state index contributed by atoms with van der Waals surface area (Å²) in [6, 6.07) is 12.8. The smallest absolute Gasteiger partial charge is 0.328 e. The molecule has 0 radical (unpaired) electrons. The van der Waals surface area contributed by atoms with Gasteiger partial charge < -0.3 is 10.0 Å². The van der Waals surface area contributed by atoms with Crippen molar-refractivity contribution in [1.29, 1.82) is 0 Å². The molecule has 3 rings (SSSR count). The number of anilines is 2. The maximum Gasteiger partial charge on any atom is 0.328 e. The second-order valence-electron chi connectivity index (χ2n) is 4.87. The Labute approximate surface area is 121 Å². The SMILES string of the molecule is O=C(O)/C=C/c1c(F)cccc1N1CCc2ccccc21. The van der Waals surface area contributed by atoms with E-state index in [4.69, 9.17) is 5.11 Å². The molecule has 4 heteroatoms. The number of nitrogens with zero attached hydrogens (tertiary/aromatic N) is 1. The zero-order valence-corrected chi connectivity index (χ0v) is 11.3. The lowest BCUT2D eigenvalue weighted by Gasteiger charge is -2.22. The Morgan fingerprint density at radius 3 is 2.71 bits per heavy atom. The van der Waals surface area contributed by atoms with Crippen LogP contribution >= 0.6 is 0 Å².